The molecule has 3 heterocycles. The fraction of sp³-hybridized carbons (Fsp3) is 0.750. The maximum atomic E-state index is 12.4. The fourth-order valence-corrected chi connectivity index (χ4v) is 3.80. The molecule has 1 aromatic rings. The summed E-state index contributed by atoms with van der Waals surface area (Å²) in [5, 5.41) is 15.2. The van der Waals surface area contributed by atoms with Crippen molar-refractivity contribution in [2.45, 2.75) is 38.3 Å². The van der Waals surface area contributed by atoms with Crippen LogP contribution in [0.5, 0.6) is 0 Å². The molecule has 2 saturated heterocycles. The number of likely N-dealkylation sites (tertiary alicyclic amines) is 1. The highest BCUT2D eigenvalue weighted by molar-refractivity contribution is 5.76. The van der Waals surface area contributed by atoms with E-state index in [1.165, 1.54) is 0 Å². The van der Waals surface area contributed by atoms with E-state index in [0.717, 1.165) is 26.1 Å². The Labute approximate surface area is 131 Å². The quantitative estimate of drug-likeness (QED) is 0.901. The number of aliphatic hydroxyl groups is 1. The van der Waals surface area contributed by atoms with Gasteiger partial charge in [0.05, 0.1) is 5.60 Å². The molecule has 2 aliphatic rings. The van der Waals surface area contributed by atoms with Gasteiger partial charge in [-0.15, -0.1) is 0 Å². The van der Waals surface area contributed by atoms with Gasteiger partial charge >= 0.3 is 0 Å². The number of hydrogen-bond donors (Lipinski definition) is 1. The molecule has 1 aromatic heterocycles. The van der Waals surface area contributed by atoms with Crippen LogP contribution in [0.4, 0.5) is 0 Å². The van der Waals surface area contributed by atoms with Crippen LogP contribution in [0.15, 0.2) is 18.5 Å². The maximum absolute atomic E-state index is 12.4. The lowest BCUT2D eigenvalue weighted by atomic mass is 9.70. The summed E-state index contributed by atoms with van der Waals surface area (Å²) in [7, 11) is 0. The molecule has 3 rings (SSSR count). The van der Waals surface area contributed by atoms with Gasteiger partial charge in [-0.3, -0.25) is 9.48 Å². The second-order valence-corrected chi connectivity index (χ2v) is 6.57. The molecular weight excluding hydrogens is 282 g/mol. The van der Waals surface area contributed by atoms with E-state index in [9.17, 15) is 9.90 Å². The number of rotatable bonds is 3. The summed E-state index contributed by atoms with van der Waals surface area (Å²) in [5.74, 6) is 0.454. The van der Waals surface area contributed by atoms with Gasteiger partial charge in [0.2, 0.25) is 5.91 Å². The average molecular weight is 307 g/mol. The van der Waals surface area contributed by atoms with Gasteiger partial charge in [0.25, 0.3) is 0 Å². The Morgan fingerprint density at radius 3 is 2.86 bits per heavy atom. The third-order valence-corrected chi connectivity index (χ3v) is 5.27. The molecule has 1 N–H and O–H groups in total. The average Bonchev–Trinajstić information content (AvgIpc) is 3.04. The van der Waals surface area contributed by atoms with Crippen molar-refractivity contribution in [2.75, 3.05) is 26.3 Å². The van der Waals surface area contributed by atoms with Crippen LogP contribution in [0.25, 0.3) is 0 Å². The minimum absolute atomic E-state index is 0.0737. The van der Waals surface area contributed by atoms with Crippen LogP contribution >= 0.6 is 0 Å². The predicted octanol–water partition coefficient (Wildman–Crippen LogP) is 0.909. The van der Waals surface area contributed by atoms with Crippen molar-refractivity contribution in [1.82, 2.24) is 14.7 Å². The smallest absolute Gasteiger partial charge is 0.244 e. The van der Waals surface area contributed by atoms with E-state index >= 15 is 0 Å². The van der Waals surface area contributed by atoms with Crippen LogP contribution in [0.3, 0.4) is 0 Å². The summed E-state index contributed by atoms with van der Waals surface area (Å²) in [6.07, 6.45) is 5.97. The Bertz CT molecular complexity index is 499. The summed E-state index contributed by atoms with van der Waals surface area (Å²) in [6.45, 7) is 5.05. The number of amides is 1. The van der Waals surface area contributed by atoms with Crippen molar-refractivity contribution in [3.05, 3.63) is 18.5 Å². The molecule has 2 aliphatic heterocycles. The van der Waals surface area contributed by atoms with E-state index in [1.807, 2.05) is 11.0 Å². The van der Waals surface area contributed by atoms with Gasteiger partial charge in [0, 0.05) is 44.6 Å². The van der Waals surface area contributed by atoms with Gasteiger partial charge in [-0.05, 0) is 31.2 Å². The molecule has 6 nitrogen and oxygen atoms in total. The highest BCUT2D eigenvalue weighted by atomic mass is 16.5. The standard InChI is InChI=1S/C16H25N3O3/c1-13-11-18(15(20)12-19-7-2-6-17-19)8-5-16(13,21)14-3-9-22-10-4-14/h2,6-7,13-14,21H,3-5,8-12H2,1H3/t13-,16+/m1/s1. The van der Waals surface area contributed by atoms with Crippen molar-refractivity contribution in [1.29, 1.82) is 0 Å². The molecule has 0 spiro atoms. The summed E-state index contributed by atoms with van der Waals surface area (Å²) in [6, 6.07) is 1.82. The summed E-state index contributed by atoms with van der Waals surface area (Å²) in [4.78, 5) is 14.2. The highest BCUT2D eigenvalue weighted by Crippen LogP contribution is 2.39. The second-order valence-electron chi connectivity index (χ2n) is 6.57. The minimum atomic E-state index is -0.660. The first-order chi connectivity index (χ1) is 10.6. The van der Waals surface area contributed by atoms with E-state index in [4.69, 9.17) is 4.74 Å². The van der Waals surface area contributed by atoms with E-state index in [-0.39, 0.29) is 18.4 Å². The molecule has 0 radical (unpaired) electrons. The van der Waals surface area contributed by atoms with Gasteiger partial charge in [-0.2, -0.15) is 5.10 Å². The normalized spacial score (nSPS) is 30.5. The Balaban J connectivity index is 1.60. The largest absolute Gasteiger partial charge is 0.389 e. The number of ether oxygens (including phenoxy) is 1. The van der Waals surface area contributed by atoms with Gasteiger partial charge in [0.1, 0.15) is 6.54 Å². The summed E-state index contributed by atoms with van der Waals surface area (Å²) < 4.78 is 7.05. The highest BCUT2D eigenvalue weighted by Gasteiger charge is 2.45. The lowest BCUT2D eigenvalue weighted by molar-refractivity contribution is -0.151. The zero-order valence-electron chi connectivity index (χ0n) is 13.1. The summed E-state index contributed by atoms with van der Waals surface area (Å²) in [5.41, 5.74) is -0.660. The molecule has 6 heteroatoms. The topological polar surface area (TPSA) is 67.6 Å². The molecule has 0 unspecified atom stereocenters. The fourth-order valence-electron chi connectivity index (χ4n) is 3.80. The maximum Gasteiger partial charge on any atom is 0.244 e. The van der Waals surface area contributed by atoms with Crippen LogP contribution < -0.4 is 0 Å². The van der Waals surface area contributed by atoms with Crippen LogP contribution in [0.1, 0.15) is 26.2 Å². The van der Waals surface area contributed by atoms with Crippen LogP contribution in [-0.4, -0.2) is 57.6 Å². The number of hydrogen-bond acceptors (Lipinski definition) is 4. The number of aromatic nitrogens is 2. The lowest BCUT2D eigenvalue weighted by Gasteiger charge is -2.48. The molecule has 2 fully saturated rings. The molecule has 122 valence electrons. The minimum Gasteiger partial charge on any atom is -0.389 e. The Kier molecular flexibility index (Phi) is 4.49. The zero-order chi connectivity index (χ0) is 15.6. The van der Waals surface area contributed by atoms with Crippen molar-refractivity contribution < 1.29 is 14.6 Å². The molecule has 1 amide bonds. The van der Waals surface area contributed by atoms with Crippen LogP contribution in [0, 0.1) is 11.8 Å². The predicted molar refractivity (Wildman–Crippen MR) is 81.1 cm³/mol. The lowest BCUT2D eigenvalue weighted by Crippen LogP contribution is -2.57. The van der Waals surface area contributed by atoms with Crippen molar-refractivity contribution in [3.8, 4) is 0 Å². The number of piperidine rings is 1. The molecule has 0 aromatic carbocycles. The van der Waals surface area contributed by atoms with Crippen LogP contribution in [0.2, 0.25) is 0 Å². The van der Waals surface area contributed by atoms with Crippen LogP contribution in [-0.2, 0) is 16.1 Å². The molecular formula is C16H25N3O3. The van der Waals surface area contributed by atoms with Gasteiger partial charge in [0.15, 0.2) is 0 Å². The van der Waals surface area contributed by atoms with E-state index in [1.54, 1.807) is 17.1 Å². The zero-order valence-corrected chi connectivity index (χ0v) is 13.1. The first kappa shape index (κ1) is 15.5. The van der Waals surface area contributed by atoms with Crippen molar-refractivity contribution >= 4 is 5.91 Å². The van der Waals surface area contributed by atoms with E-state index in [0.29, 0.717) is 25.4 Å². The van der Waals surface area contributed by atoms with Gasteiger partial charge < -0.3 is 14.7 Å². The van der Waals surface area contributed by atoms with Crippen molar-refractivity contribution in [2.24, 2.45) is 11.8 Å². The molecule has 2 atom stereocenters. The number of nitrogens with zero attached hydrogens (tertiary/aromatic N) is 3. The first-order valence-corrected chi connectivity index (χ1v) is 8.15. The monoisotopic (exact) mass is 307 g/mol. The third-order valence-electron chi connectivity index (χ3n) is 5.27. The van der Waals surface area contributed by atoms with E-state index < -0.39 is 5.60 Å². The summed E-state index contributed by atoms with van der Waals surface area (Å²) >= 11 is 0. The molecule has 0 saturated carbocycles. The Hall–Kier alpha value is -1.40. The van der Waals surface area contributed by atoms with Gasteiger partial charge in [-0.25, -0.2) is 0 Å². The molecule has 0 aliphatic carbocycles. The number of carbonyl (C=O) groups excluding carboxylic acids is 1. The molecule has 22 heavy (non-hydrogen) atoms. The Morgan fingerprint density at radius 2 is 2.23 bits per heavy atom. The van der Waals surface area contributed by atoms with Gasteiger partial charge in [-0.1, -0.05) is 6.92 Å². The third kappa shape index (κ3) is 3.03. The SMILES string of the molecule is C[C@@H]1CN(C(=O)Cn2cccn2)CC[C@@]1(O)C1CCOCC1. The van der Waals surface area contributed by atoms with E-state index in [2.05, 4.69) is 12.0 Å². The molecule has 0 bridgehead atoms. The first-order valence-electron chi connectivity index (χ1n) is 8.15. The number of carbonyl (C=O) groups is 1. The Morgan fingerprint density at radius 1 is 1.45 bits per heavy atom. The second kappa shape index (κ2) is 6.38. The van der Waals surface area contributed by atoms with Crippen molar-refractivity contribution in [3.63, 3.8) is 0 Å².